The van der Waals surface area contributed by atoms with Crippen LogP contribution in [-0.4, -0.2) is 23.5 Å². The fraction of sp³-hybridized carbons (Fsp3) is 0.333. The topological polar surface area (TPSA) is 68.0 Å². The fourth-order valence-corrected chi connectivity index (χ4v) is 1.09. The van der Waals surface area contributed by atoms with Gasteiger partial charge in [-0.3, -0.25) is 4.79 Å². The highest BCUT2D eigenvalue weighted by Crippen LogP contribution is 2.06. The highest BCUT2D eigenvalue weighted by molar-refractivity contribution is 9.10. The number of pyridine rings is 1. The maximum absolute atomic E-state index is 11.4. The van der Waals surface area contributed by atoms with Gasteiger partial charge in [-0.1, -0.05) is 0 Å². The number of hydrogen-bond donors (Lipinski definition) is 2. The lowest BCUT2D eigenvalue weighted by molar-refractivity contribution is 0.0947. The molecule has 0 radical (unpaired) electrons. The molecule has 0 aliphatic heterocycles. The van der Waals surface area contributed by atoms with E-state index in [1.165, 1.54) is 0 Å². The van der Waals surface area contributed by atoms with Crippen molar-refractivity contribution in [1.82, 2.24) is 10.3 Å². The molecule has 3 N–H and O–H groups in total. The highest BCUT2D eigenvalue weighted by Gasteiger charge is 2.06. The number of hydrogen-bond acceptors (Lipinski definition) is 3. The number of nitrogens with zero attached hydrogens (tertiary/aromatic N) is 1. The van der Waals surface area contributed by atoms with Gasteiger partial charge >= 0.3 is 0 Å². The number of carbonyl (C=O) groups excluding carboxylic acids is 1. The summed E-state index contributed by atoms with van der Waals surface area (Å²) in [6, 6.07) is 3.38. The largest absolute Gasteiger partial charge is 0.349 e. The summed E-state index contributed by atoms with van der Waals surface area (Å²) in [5, 5.41) is 2.68. The second-order valence-corrected chi connectivity index (χ2v) is 3.96. The normalized spacial score (nSPS) is 12.2. The van der Waals surface area contributed by atoms with E-state index in [2.05, 4.69) is 26.2 Å². The van der Waals surface area contributed by atoms with Crippen LogP contribution >= 0.6 is 15.9 Å². The third kappa shape index (κ3) is 3.43. The monoisotopic (exact) mass is 257 g/mol. The Labute approximate surface area is 91.0 Å². The summed E-state index contributed by atoms with van der Waals surface area (Å²) in [7, 11) is 0. The Morgan fingerprint density at radius 3 is 2.93 bits per heavy atom. The number of nitrogens with one attached hydrogen (secondary N) is 1. The number of carbonyl (C=O) groups is 1. The average Bonchev–Trinajstić information content (AvgIpc) is 2.15. The quantitative estimate of drug-likeness (QED) is 0.847. The van der Waals surface area contributed by atoms with E-state index in [4.69, 9.17) is 5.73 Å². The van der Waals surface area contributed by atoms with Crippen molar-refractivity contribution in [3.05, 3.63) is 28.5 Å². The number of nitrogens with two attached hydrogens (primary N) is 1. The minimum Gasteiger partial charge on any atom is -0.349 e. The molecule has 0 saturated heterocycles. The molecule has 1 atom stereocenters. The van der Waals surface area contributed by atoms with E-state index < -0.39 is 0 Å². The lowest BCUT2D eigenvalue weighted by Gasteiger charge is -2.06. The smallest absolute Gasteiger partial charge is 0.269 e. The van der Waals surface area contributed by atoms with Crippen LogP contribution in [0.2, 0.25) is 0 Å². The molecule has 0 aromatic carbocycles. The van der Waals surface area contributed by atoms with Crippen LogP contribution in [0.3, 0.4) is 0 Å². The summed E-state index contributed by atoms with van der Waals surface area (Å²) in [6.07, 6.45) is 1.58. The Bertz CT molecular complexity index is 310. The Balaban J connectivity index is 2.57. The summed E-state index contributed by atoms with van der Waals surface area (Å²) >= 11 is 3.24. The van der Waals surface area contributed by atoms with Crippen LogP contribution in [0.4, 0.5) is 0 Å². The maximum Gasteiger partial charge on any atom is 0.269 e. The molecule has 1 rings (SSSR count). The van der Waals surface area contributed by atoms with Gasteiger partial charge in [-0.2, -0.15) is 0 Å². The van der Waals surface area contributed by atoms with Crippen molar-refractivity contribution < 1.29 is 4.79 Å². The molecule has 1 heterocycles. The van der Waals surface area contributed by atoms with E-state index in [1.807, 2.05) is 6.92 Å². The van der Waals surface area contributed by atoms with Gasteiger partial charge in [0, 0.05) is 23.3 Å². The van der Waals surface area contributed by atoms with Crippen molar-refractivity contribution in [1.29, 1.82) is 0 Å². The number of rotatable bonds is 3. The van der Waals surface area contributed by atoms with Gasteiger partial charge in [0.25, 0.3) is 5.91 Å². The van der Waals surface area contributed by atoms with Gasteiger partial charge in [0.1, 0.15) is 5.69 Å². The predicted octanol–water partition coefficient (Wildman–Crippen LogP) is 0.921. The zero-order chi connectivity index (χ0) is 10.6. The molecule has 0 bridgehead atoms. The standard InChI is InChI=1S/C9H12BrN3O/c1-6(11)4-13-9(14)8-3-2-7(10)5-12-8/h2-3,5-6H,4,11H2,1H3,(H,13,14). The maximum atomic E-state index is 11.4. The van der Waals surface area contributed by atoms with E-state index in [9.17, 15) is 4.79 Å². The second kappa shape index (κ2) is 5.07. The van der Waals surface area contributed by atoms with Gasteiger partial charge in [-0.25, -0.2) is 4.98 Å². The molecule has 5 heteroatoms. The minimum absolute atomic E-state index is 0.0469. The molecular formula is C9H12BrN3O. The Hall–Kier alpha value is -0.940. The molecular weight excluding hydrogens is 246 g/mol. The van der Waals surface area contributed by atoms with Crippen LogP contribution in [0.1, 0.15) is 17.4 Å². The van der Waals surface area contributed by atoms with Gasteiger partial charge in [0.2, 0.25) is 0 Å². The van der Waals surface area contributed by atoms with Crippen molar-refractivity contribution >= 4 is 21.8 Å². The number of amides is 1. The summed E-state index contributed by atoms with van der Waals surface area (Å²) in [5.41, 5.74) is 5.90. The highest BCUT2D eigenvalue weighted by atomic mass is 79.9. The summed E-state index contributed by atoms with van der Waals surface area (Å²) in [4.78, 5) is 15.4. The number of halogens is 1. The van der Waals surface area contributed by atoms with Crippen molar-refractivity contribution in [2.45, 2.75) is 13.0 Å². The third-order valence-corrected chi connectivity index (χ3v) is 2.01. The van der Waals surface area contributed by atoms with Crippen LogP contribution < -0.4 is 11.1 Å². The van der Waals surface area contributed by atoms with Crippen LogP contribution in [-0.2, 0) is 0 Å². The van der Waals surface area contributed by atoms with Gasteiger partial charge in [0.05, 0.1) is 0 Å². The molecule has 0 saturated carbocycles. The first-order valence-corrected chi connectivity index (χ1v) is 5.04. The molecule has 0 fully saturated rings. The zero-order valence-corrected chi connectivity index (χ0v) is 9.41. The molecule has 0 aliphatic carbocycles. The molecule has 1 amide bonds. The molecule has 4 nitrogen and oxygen atoms in total. The molecule has 1 unspecified atom stereocenters. The SMILES string of the molecule is CC(N)CNC(=O)c1ccc(Br)cn1. The van der Waals surface area contributed by atoms with E-state index in [1.54, 1.807) is 18.3 Å². The first kappa shape index (κ1) is 11.1. The molecule has 14 heavy (non-hydrogen) atoms. The van der Waals surface area contributed by atoms with Crippen molar-refractivity contribution in [2.75, 3.05) is 6.54 Å². The molecule has 0 spiro atoms. The molecule has 1 aromatic rings. The first-order valence-electron chi connectivity index (χ1n) is 4.25. The predicted molar refractivity (Wildman–Crippen MR) is 57.9 cm³/mol. The summed E-state index contributed by atoms with van der Waals surface area (Å²) in [5.74, 6) is -0.199. The van der Waals surface area contributed by atoms with Crippen molar-refractivity contribution in [2.24, 2.45) is 5.73 Å². The third-order valence-electron chi connectivity index (χ3n) is 1.54. The number of aromatic nitrogens is 1. The van der Waals surface area contributed by atoms with Crippen LogP contribution in [0.25, 0.3) is 0 Å². The van der Waals surface area contributed by atoms with Gasteiger partial charge in [-0.15, -0.1) is 0 Å². The molecule has 1 aromatic heterocycles. The van der Waals surface area contributed by atoms with E-state index in [0.717, 1.165) is 4.47 Å². The minimum atomic E-state index is -0.199. The van der Waals surface area contributed by atoms with Crippen molar-refractivity contribution in [3.63, 3.8) is 0 Å². The average molecular weight is 258 g/mol. The van der Waals surface area contributed by atoms with E-state index in [0.29, 0.717) is 12.2 Å². The zero-order valence-electron chi connectivity index (χ0n) is 7.83. The van der Waals surface area contributed by atoms with Gasteiger partial charge in [-0.05, 0) is 35.0 Å². The fourth-order valence-electron chi connectivity index (χ4n) is 0.854. The lowest BCUT2D eigenvalue weighted by atomic mass is 10.3. The van der Waals surface area contributed by atoms with E-state index in [-0.39, 0.29) is 11.9 Å². The second-order valence-electron chi connectivity index (χ2n) is 3.05. The van der Waals surface area contributed by atoms with Gasteiger partial charge in [0.15, 0.2) is 0 Å². The Kier molecular flexibility index (Phi) is 4.03. The van der Waals surface area contributed by atoms with Crippen LogP contribution in [0, 0.1) is 0 Å². The van der Waals surface area contributed by atoms with Crippen LogP contribution in [0.5, 0.6) is 0 Å². The first-order chi connectivity index (χ1) is 6.59. The summed E-state index contributed by atoms with van der Waals surface area (Å²) < 4.78 is 0.848. The summed E-state index contributed by atoms with van der Waals surface area (Å²) in [6.45, 7) is 2.28. The van der Waals surface area contributed by atoms with Crippen LogP contribution in [0.15, 0.2) is 22.8 Å². The van der Waals surface area contributed by atoms with Gasteiger partial charge < -0.3 is 11.1 Å². The van der Waals surface area contributed by atoms with Crippen molar-refractivity contribution in [3.8, 4) is 0 Å². The van der Waals surface area contributed by atoms with E-state index >= 15 is 0 Å². The molecule has 76 valence electrons. The Morgan fingerprint density at radius 1 is 1.71 bits per heavy atom. The lowest BCUT2D eigenvalue weighted by Crippen LogP contribution is -2.35. The molecule has 0 aliphatic rings. The Morgan fingerprint density at radius 2 is 2.43 bits per heavy atom.